The normalized spacial score (nSPS) is 11.7. The molecular weight excluding hydrogens is 401 g/mol. The van der Waals surface area contributed by atoms with Gasteiger partial charge in [0.25, 0.3) is 0 Å². The number of nitrogens with one attached hydrogen (secondary N) is 2. The van der Waals surface area contributed by atoms with Gasteiger partial charge in [-0.15, -0.1) is 17.3 Å². The maximum Gasteiger partial charge on any atom is 1.00 e. The predicted octanol–water partition coefficient (Wildman–Crippen LogP) is 1.55. The molecule has 0 aliphatic heterocycles. The molecule has 8 heteroatoms. The van der Waals surface area contributed by atoms with Crippen LogP contribution in [0.3, 0.4) is 0 Å². The van der Waals surface area contributed by atoms with Gasteiger partial charge in [0.15, 0.2) is 0 Å². The number of allylic oxidation sites excluding steroid dienone is 2. The van der Waals surface area contributed by atoms with E-state index in [1.54, 1.807) is 19.9 Å². The van der Waals surface area contributed by atoms with Crippen molar-refractivity contribution >= 4 is 29.7 Å². The van der Waals surface area contributed by atoms with Crippen LogP contribution in [0.5, 0.6) is 0 Å². The van der Waals surface area contributed by atoms with Gasteiger partial charge in [-0.1, -0.05) is 40.3 Å². The monoisotopic (exact) mass is 436 g/mol. The van der Waals surface area contributed by atoms with E-state index in [1.807, 2.05) is 0 Å². The first kappa shape index (κ1) is 31.4. The van der Waals surface area contributed by atoms with Gasteiger partial charge in [-0.25, -0.2) is 0 Å². The zero-order chi connectivity index (χ0) is 22.9. The number of hydrogen-bond donors (Lipinski definition) is 3. The van der Waals surface area contributed by atoms with E-state index in [-0.39, 0.29) is 35.1 Å². The van der Waals surface area contributed by atoms with Crippen LogP contribution in [-0.4, -0.2) is 36.5 Å². The Morgan fingerprint density at radius 1 is 1.45 bits per heavy atom. The number of aliphatic imine (C=N–C) groups is 1. The van der Waals surface area contributed by atoms with Gasteiger partial charge in [0.2, 0.25) is 0 Å². The van der Waals surface area contributed by atoms with Gasteiger partial charge < -0.3 is 37.6 Å². The molecule has 1 amide bonds. The molecule has 0 radical (unpaired) electrons. The second-order valence-corrected chi connectivity index (χ2v) is 6.87. The molecule has 0 fully saturated rings. The fraction of sp³-hybridized carbons (Fsp3) is 0.478. The Morgan fingerprint density at radius 2 is 2.13 bits per heavy atom. The Labute approximate surface area is 209 Å². The number of nitrogens with zero attached hydrogens (tertiary/aromatic N) is 2. The smallest absolute Gasteiger partial charge is 0.491 e. The van der Waals surface area contributed by atoms with Gasteiger partial charge in [0.05, 0.1) is 23.3 Å². The number of aromatic nitrogens is 1. The Balaban J connectivity index is 0. The van der Waals surface area contributed by atoms with E-state index in [9.17, 15) is 4.79 Å². The quantitative estimate of drug-likeness (QED) is 0.161. The number of rotatable bonds is 11. The Kier molecular flexibility index (Phi) is 19.2. The van der Waals surface area contributed by atoms with Crippen molar-refractivity contribution in [3.63, 3.8) is 0 Å². The van der Waals surface area contributed by atoms with Gasteiger partial charge in [0.1, 0.15) is 5.91 Å². The molecule has 0 saturated carbocycles. The van der Waals surface area contributed by atoms with Crippen LogP contribution in [-0.2, 0) is 9.53 Å². The molecule has 31 heavy (non-hydrogen) atoms. The third-order valence-corrected chi connectivity index (χ3v) is 4.03. The summed E-state index contributed by atoms with van der Waals surface area (Å²) < 4.78 is 5.36. The number of nitrogens with two attached hydrogens (primary N) is 1. The molecule has 1 rings (SSSR count). The topological polar surface area (TPSA) is 113 Å². The molecule has 166 valence electrons. The number of ether oxygens (including phenoxy) is 1. The minimum absolute atomic E-state index is 0. The molecule has 0 saturated heterocycles. The molecule has 1 aromatic heterocycles. The zero-order valence-electron chi connectivity index (χ0n) is 19.8. The Bertz CT molecular complexity index is 747. The first-order chi connectivity index (χ1) is 14.2. The molecule has 1 atom stereocenters. The predicted molar refractivity (Wildman–Crippen MR) is 125 cm³/mol. The summed E-state index contributed by atoms with van der Waals surface area (Å²) in [5.74, 6) is 0.327. The first-order valence-electron chi connectivity index (χ1n) is 10.1. The van der Waals surface area contributed by atoms with Gasteiger partial charge in [-0.05, 0) is 38.0 Å². The van der Waals surface area contributed by atoms with Crippen molar-refractivity contribution in [2.75, 3.05) is 24.3 Å². The van der Waals surface area contributed by atoms with E-state index in [1.165, 1.54) is 25.3 Å². The van der Waals surface area contributed by atoms with Crippen molar-refractivity contribution in [3.05, 3.63) is 41.9 Å². The maximum absolute atomic E-state index is 12.0. The molecule has 0 aliphatic rings. The van der Waals surface area contributed by atoms with E-state index in [4.69, 9.17) is 22.5 Å². The van der Waals surface area contributed by atoms with Crippen LogP contribution in [0.2, 0.25) is 0 Å². The summed E-state index contributed by atoms with van der Waals surface area (Å²) in [5.41, 5.74) is 7.49. The van der Waals surface area contributed by atoms with Crippen molar-refractivity contribution in [2.45, 2.75) is 53.9 Å². The Morgan fingerprint density at radius 3 is 2.68 bits per heavy atom. The van der Waals surface area contributed by atoms with E-state index in [0.717, 1.165) is 31.8 Å². The molecule has 1 unspecified atom stereocenters. The average molecular weight is 437 g/mol. The van der Waals surface area contributed by atoms with Gasteiger partial charge in [0, 0.05) is 13.2 Å². The van der Waals surface area contributed by atoms with Gasteiger partial charge >= 0.3 is 29.6 Å². The molecule has 0 aromatic carbocycles. The van der Waals surface area contributed by atoms with Crippen LogP contribution >= 0.6 is 0 Å². The first-order valence-corrected chi connectivity index (χ1v) is 10.1. The summed E-state index contributed by atoms with van der Waals surface area (Å²) in [6.07, 6.45) is 9.81. The summed E-state index contributed by atoms with van der Waals surface area (Å²) in [4.78, 5) is 19.7. The third-order valence-electron chi connectivity index (χ3n) is 4.03. The average Bonchev–Trinajstić information content (AvgIpc) is 2.71. The van der Waals surface area contributed by atoms with Crippen LogP contribution < -0.4 is 40.6 Å². The molecule has 0 aliphatic carbocycles. The number of amides is 1. The fourth-order valence-electron chi connectivity index (χ4n) is 1.98. The number of carbonyl (C=O) groups excluding carboxylic acids is 1. The summed E-state index contributed by atoms with van der Waals surface area (Å²) >= 11 is 0. The summed E-state index contributed by atoms with van der Waals surface area (Å²) in [6.45, 7) is 17.2. The molecule has 0 bridgehead atoms. The number of pyridine rings is 1. The van der Waals surface area contributed by atoms with Crippen molar-refractivity contribution < 1.29 is 39.1 Å². The summed E-state index contributed by atoms with van der Waals surface area (Å²) in [6, 6.07) is 1.59. The minimum atomic E-state index is -0.503. The van der Waals surface area contributed by atoms with Crippen LogP contribution in [0, 0.1) is 30.9 Å². The largest absolute Gasteiger partial charge is 1.00 e. The van der Waals surface area contributed by atoms with Crippen molar-refractivity contribution in [3.8, 4) is 0 Å². The number of carbonyl (C=O) groups is 1. The van der Waals surface area contributed by atoms with Crippen LogP contribution in [0.25, 0.3) is 0 Å². The van der Waals surface area contributed by atoms with Gasteiger partial charge in [-0.2, -0.15) is 0 Å². The molecule has 4 N–H and O–H groups in total. The molecule has 1 heterocycles. The van der Waals surface area contributed by atoms with Gasteiger partial charge in [-0.3, -0.25) is 4.98 Å². The van der Waals surface area contributed by atoms with E-state index in [2.05, 4.69) is 42.1 Å². The minimum Gasteiger partial charge on any atom is -0.491 e. The molecule has 7 nitrogen and oxygen atoms in total. The van der Waals surface area contributed by atoms with E-state index >= 15 is 0 Å². The van der Waals surface area contributed by atoms with Crippen LogP contribution in [0.15, 0.2) is 28.5 Å². The summed E-state index contributed by atoms with van der Waals surface area (Å²) in [7, 11) is 0. The van der Waals surface area contributed by atoms with Crippen molar-refractivity contribution in [1.29, 1.82) is 5.41 Å². The molecule has 1 aromatic rings. The second kappa shape index (κ2) is 18.9. The van der Waals surface area contributed by atoms with E-state index < -0.39 is 5.91 Å². The molecular formula is C23H35N5NaO2-. The van der Waals surface area contributed by atoms with Crippen molar-refractivity contribution in [1.82, 2.24) is 4.98 Å². The zero-order valence-corrected chi connectivity index (χ0v) is 21.8. The molecule has 0 spiro atoms. The third kappa shape index (κ3) is 15.6. The fourth-order valence-corrected chi connectivity index (χ4v) is 1.98. The Hall–Kier alpha value is -1.80. The van der Waals surface area contributed by atoms with Crippen LogP contribution in [0.1, 0.15) is 52.7 Å². The standard InChI is InChI=1S/C14H15N5O.C9H20O.Na/c1-9(2)17-5-4-11(7-15)14(20)19-13-6-12(16)8-18-10(13)3;1-4-7-10-8-6-9(3)5-2;/h1,5-8,15H,16H2,2-3H3,(H,19,20);9H,4-8H2,1-3H3;/q-2;;+1. The van der Waals surface area contributed by atoms with Crippen molar-refractivity contribution in [2.24, 2.45) is 10.9 Å². The van der Waals surface area contributed by atoms with Crippen LogP contribution in [0.4, 0.5) is 11.4 Å². The number of hydrogen-bond acceptors (Lipinski definition) is 6. The number of nitrogen functional groups attached to an aromatic ring is 1. The second-order valence-electron chi connectivity index (χ2n) is 6.87. The maximum atomic E-state index is 12.0. The number of aryl methyl sites for hydroxylation is 1. The van der Waals surface area contributed by atoms with E-state index in [0.29, 0.717) is 22.8 Å². The number of anilines is 2. The SMILES string of the molecule is CCCOCCC(C)CC.[CH-]=C(C)N=C[C-]=C(C=N)C(=O)Nc1cc(N)cnc1C.[Na+]. The summed E-state index contributed by atoms with van der Waals surface area (Å²) in [5, 5.41) is 9.82.